The molecule has 0 atom stereocenters. The average Bonchev–Trinajstić information content (AvgIpc) is 3.34. The van der Waals surface area contributed by atoms with Crippen molar-refractivity contribution in [1.82, 2.24) is 4.90 Å². The van der Waals surface area contributed by atoms with E-state index in [1.54, 1.807) is 24.3 Å². The van der Waals surface area contributed by atoms with E-state index in [0.29, 0.717) is 38.3 Å². The third-order valence-electron chi connectivity index (χ3n) is 6.84. The van der Waals surface area contributed by atoms with Gasteiger partial charge in [0.2, 0.25) is 5.91 Å². The van der Waals surface area contributed by atoms with Crippen molar-refractivity contribution in [3.05, 3.63) is 53.8 Å². The van der Waals surface area contributed by atoms with E-state index >= 15 is 0 Å². The molecule has 1 saturated heterocycles. The number of ether oxygens (including phenoxy) is 3. The van der Waals surface area contributed by atoms with Crippen LogP contribution in [0.3, 0.4) is 0 Å². The molecule has 1 aliphatic heterocycles. The molecule has 7 nitrogen and oxygen atoms in total. The van der Waals surface area contributed by atoms with E-state index in [4.69, 9.17) is 18.6 Å². The summed E-state index contributed by atoms with van der Waals surface area (Å²) in [6, 6.07) is 9.88. The number of likely N-dealkylation sites (tertiary alicyclic amines) is 1. The quantitative estimate of drug-likeness (QED) is 0.315. The minimum Gasteiger partial charge on any atom is -0.497 e. The van der Waals surface area contributed by atoms with Crippen LogP contribution in [0.4, 0.5) is 0 Å². The average molecular weight is 492 g/mol. The lowest BCUT2D eigenvalue weighted by Crippen LogP contribution is -2.39. The Kier molecular flexibility index (Phi) is 7.67. The van der Waals surface area contributed by atoms with E-state index in [-0.39, 0.29) is 17.8 Å². The van der Waals surface area contributed by atoms with Crippen LogP contribution < -0.4 is 9.47 Å². The summed E-state index contributed by atoms with van der Waals surface area (Å²) in [4.78, 5) is 26.7. The number of fused-ring (bicyclic) bond motifs is 1. The molecule has 0 unspecified atom stereocenters. The first-order valence-electron chi connectivity index (χ1n) is 12.2. The first-order chi connectivity index (χ1) is 17.4. The van der Waals surface area contributed by atoms with Crippen LogP contribution in [0.15, 0.2) is 47.1 Å². The van der Waals surface area contributed by atoms with Gasteiger partial charge in [0.15, 0.2) is 0 Å². The predicted octanol–water partition coefficient (Wildman–Crippen LogP) is 5.63. The molecule has 3 aromatic rings. The van der Waals surface area contributed by atoms with Crippen molar-refractivity contribution in [2.24, 2.45) is 5.92 Å². The van der Waals surface area contributed by atoms with Gasteiger partial charge in [-0.15, -0.1) is 0 Å². The predicted molar refractivity (Wildman–Crippen MR) is 139 cm³/mol. The Balaban J connectivity index is 1.68. The molecule has 1 fully saturated rings. The van der Waals surface area contributed by atoms with Gasteiger partial charge in [0.1, 0.15) is 17.1 Å². The number of amides is 1. The van der Waals surface area contributed by atoms with E-state index in [1.165, 1.54) is 7.11 Å². The van der Waals surface area contributed by atoms with Gasteiger partial charge in [-0.05, 0) is 62.9 Å². The Morgan fingerprint density at radius 2 is 1.83 bits per heavy atom. The number of esters is 1. The molecule has 0 bridgehead atoms. The van der Waals surface area contributed by atoms with Crippen LogP contribution in [-0.2, 0) is 14.3 Å². The number of nitrogens with zero attached hydrogens (tertiary/aromatic N) is 1. The van der Waals surface area contributed by atoms with Crippen LogP contribution in [0.2, 0.25) is 0 Å². The molecule has 36 heavy (non-hydrogen) atoms. The van der Waals surface area contributed by atoms with Crippen LogP contribution >= 0.6 is 0 Å². The van der Waals surface area contributed by atoms with Gasteiger partial charge >= 0.3 is 5.97 Å². The molecule has 0 radical (unpaired) electrons. The minimum absolute atomic E-state index is 0.0708. The smallest absolute Gasteiger partial charge is 0.308 e. The number of hydrogen-bond acceptors (Lipinski definition) is 6. The summed E-state index contributed by atoms with van der Waals surface area (Å²) in [5, 5.41) is 0.954. The molecule has 0 spiro atoms. The molecule has 0 N–H and O–H groups in total. The number of benzene rings is 2. The van der Waals surface area contributed by atoms with E-state index < -0.39 is 0 Å². The highest BCUT2D eigenvalue weighted by atomic mass is 16.5. The van der Waals surface area contributed by atoms with E-state index in [0.717, 1.165) is 44.5 Å². The molecular weight excluding hydrogens is 458 g/mol. The molecule has 1 amide bonds. The zero-order chi connectivity index (χ0) is 25.8. The summed E-state index contributed by atoms with van der Waals surface area (Å²) in [5.41, 5.74) is 5.29. The Labute approximate surface area is 211 Å². The van der Waals surface area contributed by atoms with Gasteiger partial charge in [0.05, 0.1) is 33.0 Å². The Morgan fingerprint density at radius 1 is 1.14 bits per heavy atom. The van der Waals surface area contributed by atoms with E-state index in [2.05, 4.69) is 0 Å². The fourth-order valence-corrected chi connectivity index (χ4v) is 4.79. The SMILES string of the molecule is CCOc1c(/C(C)=C/C(=O)N2CCC(C(=O)OC)CC2)cc2c(-c3ccc(OC)cc3)coc2c1C. The zero-order valence-electron chi connectivity index (χ0n) is 21.6. The first-order valence-corrected chi connectivity index (χ1v) is 12.2. The minimum atomic E-state index is -0.202. The van der Waals surface area contributed by atoms with Gasteiger partial charge in [-0.1, -0.05) is 12.1 Å². The maximum absolute atomic E-state index is 13.1. The summed E-state index contributed by atoms with van der Waals surface area (Å²) in [5.74, 6) is 1.09. The van der Waals surface area contributed by atoms with Crippen molar-refractivity contribution in [2.45, 2.75) is 33.6 Å². The molecule has 4 rings (SSSR count). The molecule has 0 aliphatic carbocycles. The van der Waals surface area contributed by atoms with Crippen molar-refractivity contribution in [2.75, 3.05) is 33.9 Å². The highest BCUT2D eigenvalue weighted by molar-refractivity contribution is 6.01. The van der Waals surface area contributed by atoms with Crippen molar-refractivity contribution in [3.8, 4) is 22.6 Å². The maximum Gasteiger partial charge on any atom is 0.308 e. The highest BCUT2D eigenvalue weighted by Crippen LogP contribution is 2.41. The van der Waals surface area contributed by atoms with Crippen LogP contribution in [0.5, 0.6) is 11.5 Å². The van der Waals surface area contributed by atoms with Crippen molar-refractivity contribution >= 4 is 28.4 Å². The fourth-order valence-electron chi connectivity index (χ4n) is 4.79. The van der Waals surface area contributed by atoms with Crippen LogP contribution in [0.25, 0.3) is 27.7 Å². The molecule has 1 aromatic heterocycles. The fraction of sp³-hybridized carbons (Fsp3) is 0.379. The summed E-state index contributed by atoms with van der Waals surface area (Å²) in [6.45, 7) is 7.39. The van der Waals surface area contributed by atoms with Gasteiger partial charge in [-0.2, -0.15) is 0 Å². The van der Waals surface area contributed by atoms with Gasteiger partial charge in [0.25, 0.3) is 0 Å². The summed E-state index contributed by atoms with van der Waals surface area (Å²) >= 11 is 0. The van der Waals surface area contributed by atoms with Gasteiger partial charge in [-0.25, -0.2) is 0 Å². The van der Waals surface area contributed by atoms with Crippen LogP contribution in [-0.4, -0.2) is 50.7 Å². The lowest BCUT2D eigenvalue weighted by atomic mass is 9.95. The second-order valence-corrected chi connectivity index (χ2v) is 9.02. The number of methoxy groups -OCH3 is 2. The van der Waals surface area contributed by atoms with Crippen LogP contribution in [0, 0.1) is 12.8 Å². The normalized spacial score (nSPS) is 14.7. The Morgan fingerprint density at radius 3 is 2.44 bits per heavy atom. The summed E-state index contributed by atoms with van der Waals surface area (Å²) in [7, 11) is 3.05. The lowest BCUT2D eigenvalue weighted by Gasteiger charge is -2.30. The van der Waals surface area contributed by atoms with Gasteiger partial charge in [-0.3, -0.25) is 9.59 Å². The lowest BCUT2D eigenvalue weighted by molar-refractivity contribution is -0.148. The van der Waals surface area contributed by atoms with E-state index in [9.17, 15) is 9.59 Å². The summed E-state index contributed by atoms with van der Waals surface area (Å²) < 4.78 is 22.2. The third kappa shape index (κ3) is 4.96. The van der Waals surface area contributed by atoms with Crippen molar-refractivity contribution < 1.29 is 28.2 Å². The number of piperidine rings is 1. The van der Waals surface area contributed by atoms with E-state index in [1.807, 2.05) is 51.1 Å². The second kappa shape index (κ2) is 10.9. The molecule has 1 aliphatic rings. The standard InChI is InChI=1S/C29H33NO6/c1-6-35-27-19(3)28-24(25(17-36-28)20-7-9-22(33-4)10-8-20)16-23(27)18(2)15-26(31)30-13-11-21(12-14-30)29(32)34-5/h7-10,15-17,21H,6,11-14H2,1-5H3/b18-15+. The Hall–Kier alpha value is -3.74. The zero-order valence-corrected chi connectivity index (χ0v) is 21.6. The molecule has 2 heterocycles. The molecule has 0 saturated carbocycles. The number of carbonyl (C=O) groups excluding carboxylic acids is 2. The number of aryl methyl sites for hydroxylation is 1. The number of allylic oxidation sites excluding steroid dienone is 1. The molecule has 7 heteroatoms. The van der Waals surface area contributed by atoms with Crippen molar-refractivity contribution in [3.63, 3.8) is 0 Å². The largest absolute Gasteiger partial charge is 0.497 e. The number of hydrogen-bond donors (Lipinski definition) is 0. The molecule has 190 valence electrons. The monoisotopic (exact) mass is 491 g/mol. The maximum atomic E-state index is 13.1. The highest BCUT2D eigenvalue weighted by Gasteiger charge is 2.27. The topological polar surface area (TPSA) is 78.2 Å². The number of rotatable bonds is 7. The molecular formula is C29H33NO6. The number of carbonyl (C=O) groups is 2. The van der Waals surface area contributed by atoms with Gasteiger partial charge in [0, 0.05) is 41.2 Å². The van der Waals surface area contributed by atoms with Crippen LogP contribution in [0.1, 0.15) is 37.8 Å². The first kappa shape index (κ1) is 25.4. The number of furan rings is 1. The van der Waals surface area contributed by atoms with Crippen molar-refractivity contribution in [1.29, 1.82) is 0 Å². The summed E-state index contributed by atoms with van der Waals surface area (Å²) in [6.07, 6.45) is 4.64. The van der Waals surface area contributed by atoms with Gasteiger partial charge < -0.3 is 23.5 Å². The molecule has 2 aromatic carbocycles. The Bertz CT molecular complexity index is 1280. The third-order valence-corrected chi connectivity index (χ3v) is 6.84. The second-order valence-electron chi connectivity index (χ2n) is 9.02.